The maximum atomic E-state index is 6.06. The van der Waals surface area contributed by atoms with Gasteiger partial charge in [-0.15, -0.1) is 0 Å². The Morgan fingerprint density at radius 2 is 1.89 bits per heavy atom. The minimum Gasteiger partial charge on any atom is -0.487 e. The normalized spacial score (nSPS) is 10.4. The number of hydrogen-bond donors (Lipinski definition) is 1. The van der Waals surface area contributed by atoms with E-state index in [0.717, 1.165) is 10.0 Å². The maximum absolute atomic E-state index is 6.06. The van der Waals surface area contributed by atoms with Crippen LogP contribution in [0.4, 0.5) is 5.69 Å². The predicted molar refractivity (Wildman–Crippen MR) is 79.3 cm³/mol. The summed E-state index contributed by atoms with van der Waals surface area (Å²) < 4.78 is 6.52. The van der Waals surface area contributed by atoms with E-state index in [2.05, 4.69) is 15.9 Å². The Hall–Kier alpha value is -0.900. The molecule has 0 saturated heterocycles. The van der Waals surface area contributed by atoms with Crippen LogP contribution >= 0.6 is 39.1 Å². The fourth-order valence-electron chi connectivity index (χ4n) is 1.47. The monoisotopic (exact) mass is 345 g/mol. The summed E-state index contributed by atoms with van der Waals surface area (Å²) in [6, 6.07) is 10.8. The number of halogens is 3. The van der Waals surface area contributed by atoms with Crippen molar-refractivity contribution in [2.45, 2.75) is 6.61 Å². The second-order valence-corrected chi connectivity index (χ2v) is 5.40. The predicted octanol–water partition coefficient (Wildman–Crippen LogP) is 4.92. The highest BCUT2D eigenvalue weighted by molar-refractivity contribution is 9.10. The third-order valence-corrected chi connectivity index (χ3v) is 3.56. The number of rotatable bonds is 3. The molecule has 0 aliphatic heterocycles. The topological polar surface area (TPSA) is 35.2 Å². The van der Waals surface area contributed by atoms with Crippen molar-refractivity contribution in [2.75, 3.05) is 5.73 Å². The van der Waals surface area contributed by atoms with Crippen LogP contribution in [0.15, 0.2) is 40.9 Å². The Labute approximate surface area is 124 Å². The lowest BCUT2D eigenvalue weighted by atomic mass is 10.2. The molecule has 0 amide bonds. The first-order chi connectivity index (χ1) is 8.58. The maximum Gasteiger partial charge on any atom is 0.138 e. The fourth-order valence-corrected chi connectivity index (χ4v) is 2.43. The summed E-state index contributed by atoms with van der Waals surface area (Å²) in [6.07, 6.45) is 0. The molecule has 0 spiro atoms. The molecule has 2 rings (SSSR count). The van der Waals surface area contributed by atoms with Crippen LogP contribution in [0.5, 0.6) is 5.75 Å². The molecule has 18 heavy (non-hydrogen) atoms. The first-order valence-corrected chi connectivity index (χ1v) is 6.73. The molecule has 0 fully saturated rings. The van der Waals surface area contributed by atoms with Crippen LogP contribution in [0.1, 0.15) is 5.56 Å². The number of hydrogen-bond acceptors (Lipinski definition) is 2. The summed E-state index contributed by atoms with van der Waals surface area (Å²) in [5.74, 6) is 0.596. The summed E-state index contributed by atoms with van der Waals surface area (Å²) in [6.45, 7) is 0.285. The van der Waals surface area contributed by atoms with Crippen LogP contribution in [0.3, 0.4) is 0 Å². The molecule has 0 aliphatic rings. The van der Waals surface area contributed by atoms with Crippen molar-refractivity contribution >= 4 is 44.8 Å². The van der Waals surface area contributed by atoms with Crippen molar-refractivity contribution in [1.82, 2.24) is 0 Å². The van der Waals surface area contributed by atoms with Gasteiger partial charge in [0, 0.05) is 20.7 Å². The molecule has 0 unspecified atom stereocenters. The van der Waals surface area contributed by atoms with Crippen molar-refractivity contribution in [1.29, 1.82) is 0 Å². The van der Waals surface area contributed by atoms with Gasteiger partial charge >= 0.3 is 0 Å². The number of nitrogens with two attached hydrogens (primary N) is 1. The quantitative estimate of drug-likeness (QED) is 0.801. The smallest absolute Gasteiger partial charge is 0.138 e. The van der Waals surface area contributed by atoms with E-state index in [1.54, 1.807) is 30.3 Å². The summed E-state index contributed by atoms with van der Waals surface area (Å²) in [4.78, 5) is 0. The van der Waals surface area contributed by atoms with E-state index in [4.69, 9.17) is 33.7 Å². The van der Waals surface area contributed by atoms with Gasteiger partial charge in [-0.05, 0) is 30.3 Å². The SMILES string of the molecule is Nc1cccc(Cl)c1COc1ccc(Br)cc1Cl. The second kappa shape index (κ2) is 5.83. The van der Waals surface area contributed by atoms with Crippen molar-refractivity contribution in [2.24, 2.45) is 0 Å². The first kappa shape index (κ1) is 13.5. The Bertz CT molecular complexity index is 555. The molecule has 0 atom stereocenters. The average molecular weight is 347 g/mol. The van der Waals surface area contributed by atoms with E-state index in [0.29, 0.717) is 21.5 Å². The molecule has 94 valence electrons. The van der Waals surface area contributed by atoms with Gasteiger partial charge in [-0.3, -0.25) is 0 Å². The van der Waals surface area contributed by atoms with Gasteiger partial charge in [0.15, 0.2) is 0 Å². The van der Waals surface area contributed by atoms with Gasteiger partial charge < -0.3 is 10.5 Å². The Kier molecular flexibility index (Phi) is 4.38. The van der Waals surface area contributed by atoms with E-state index >= 15 is 0 Å². The Morgan fingerprint density at radius 1 is 1.11 bits per heavy atom. The molecule has 0 bridgehead atoms. The minimum atomic E-state index is 0.285. The Balaban J connectivity index is 2.16. The number of nitrogen functional groups attached to an aromatic ring is 1. The zero-order valence-corrected chi connectivity index (χ0v) is 12.4. The van der Waals surface area contributed by atoms with Crippen LogP contribution in [-0.4, -0.2) is 0 Å². The van der Waals surface area contributed by atoms with Crippen molar-refractivity contribution in [3.05, 3.63) is 56.5 Å². The molecular weight excluding hydrogens is 337 g/mol. The zero-order chi connectivity index (χ0) is 13.1. The molecule has 0 saturated carbocycles. The second-order valence-electron chi connectivity index (χ2n) is 3.67. The highest BCUT2D eigenvalue weighted by Crippen LogP contribution is 2.30. The van der Waals surface area contributed by atoms with Gasteiger partial charge in [0.05, 0.1) is 5.02 Å². The van der Waals surface area contributed by atoms with Crippen LogP contribution in [0.2, 0.25) is 10.0 Å². The number of ether oxygens (including phenoxy) is 1. The van der Waals surface area contributed by atoms with Gasteiger partial charge in [0.1, 0.15) is 12.4 Å². The molecule has 2 aromatic rings. The number of benzene rings is 2. The van der Waals surface area contributed by atoms with Crippen molar-refractivity contribution < 1.29 is 4.74 Å². The molecule has 2 aromatic carbocycles. The molecule has 2 N–H and O–H groups in total. The molecule has 5 heteroatoms. The lowest BCUT2D eigenvalue weighted by Gasteiger charge is -2.11. The largest absolute Gasteiger partial charge is 0.487 e. The molecule has 0 heterocycles. The lowest BCUT2D eigenvalue weighted by molar-refractivity contribution is 0.307. The van der Waals surface area contributed by atoms with E-state index in [9.17, 15) is 0 Å². The lowest BCUT2D eigenvalue weighted by Crippen LogP contribution is -2.01. The molecule has 0 radical (unpaired) electrons. The summed E-state index contributed by atoms with van der Waals surface area (Å²) in [7, 11) is 0. The molecule has 0 aromatic heterocycles. The van der Waals surface area contributed by atoms with Crippen LogP contribution < -0.4 is 10.5 Å². The van der Waals surface area contributed by atoms with Crippen LogP contribution in [0, 0.1) is 0 Å². The molecule has 0 aliphatic carbocycles. The van der Waals surface area contributed by atoms with Crippen molar-refractivity contribution in [3.8, 4) is 5.75 Å². The van der Waals surface area contributed by atoms with Gasteiger partial charge in [-0.2, -0.15) is 0 Å². The standard InChI is InChI=1S/C13H10BrCl2NO/c14-8-4-5-13(11(16)6-8)18-7-9-10(15)2-1-3-12(9)17/h1-6H,7,17H2. The fraction of sp³-hybridized carbons (Fsp3) is 0.0769. The van der Waals surface area contributed by atoms with E-state index < -0.39 is 0 Å². The average Bonchev–Trinajstić information content (AvgIpc) is 2.31. The van der Waals surface area contributed by atoms with Gasteiger partial charge in [-0.1, -0.05) is 45.2 Å². The zero-order valence-electron chi connectivity index (χ0n) is 9.29. The van der Waals surface area contributed by atoms with Crippen molar-refractivity contribution in [3.63, 3.8) is 0 Å². The van der Waals surface area contributed by atoms with Crippen LogP contribution in [0.25, 0.3) is 0 Å². The van der Waals surface area contributed by atoms with Crippen LogP contribution in [-0.2, 0) is 6.61 Å². The number of anilines is 1. The summed E-state index contributed by atoms with van der Waals surface area (Å²) >= 11 is 15.5. The first-order valence-electron chi connectivity index (χ1n) is 5.18. The van der Waals surface area contributed by atoms with E-state index in [-0.39, 0.29) is 6.61 Å². The Morgan fingerprint density at radius 3 is 2.56 bits per heavy atom. The van der Waals surface area contributed by atoms with Gasteiger partial charge in [0.25, 0.3) is 0 Å². The van der Waals surface area contributed by atoms with Gasteiger partial charge in [-0.25, -0.2) is 0 Å². The highest BCUT2D eigenvalue weighted by Gasteiger charge is 2.07. The highest BCUT2D eigenvalue weighted by atomic mass is 79.9. The molecule has 2 nitrogen and oxygen atoms in total. The van der Waals surface area contributed by atoms with Gasteiger partial charge in [0.2, 0.25) is 0 Å². The minimum absolute atomic E-state index is 0.285. The van der Waals surface area contributed by atoms with E-state index in [1.165, 1.54) is 0 Å². The third kappa shape index (κ3) is 3.10. The summed E-state index contributed by atoms with van der Waals surface area (Å²) in [5.41, 5.74) is 7.21. The van der Waals surface area contributed by atoms with E-state index in [1.807, 2.05) is 6.07 Å². The third-order valence-electron chi connectivity index (χ3n) is 2.42. The summed E-state index contributed by atoms with van der Waals surface area (Å²) in [5, 5.41) is 1.12. The molecular formula is C13H10BrCl2NO.